The van der Waals surface area contributed by atoms with E-state index in [9.17, 15) is 9.59 Å². The Morgan fingerprint density at radius 1 is 1.16 bits per heavy atom. The quantitative estimate of drug-likeness (QED) is 0.683. The molecule has 25 heavy (non-hydrogen) atoms. The molecule has 0 saturated heterocycles. The molecule has 2 heterocycles. The second-order valence-electron chi connectivity index (χ2n) is 5.76. The smallest absolute Gasteiger partial charge is 0.260 e. The molecule has 0 saturated carbocycles. The van der Waals surface area contributed by atoms with Crippen LogP contribution in [0.5, 0.6) is 0 Å². The van der Waals surface area contributed by atoms with Crippen LogP contribution < -0.4 is 10.9 Å². The van der Waals surface area contributed by atoms with Gasteiger partial charge >= 0.3 is 0 Å². The number of amides is 2. The summed E-state index contributed by atoms with van der Waals surface area (Å²) in [6, 6.07) is 9.76. The number of thiazole rings is 1. The number of hydrazine groups is 1. The van der Waals surface area contributed by atoms with Gasteiger partial charge in [-0.15, -0.1) is 11.3 Å². The number of carbonyl (C=O) groups excluding carboxylic acids is 2. The molecule has 3 rings (SSSR count). The topological polar surface area (TPSA) is 88.9 Å². The molecule has 0 bridgehead atoms. The van der Waals surface area contributed by atoms with Gasteiger partial charge in [-0.2, -0.15) is 5.10 Å². The lowest BCUT2D eigenvalue weighted by atomic mass is 10.3. The van der Waals surface area contributed by atoms with E-state index in [0.717, 1.165) is 26.6 Å². The third-order valence-corrected chi connectivity index (χ3v) is 4.74. The summed E-state index contributed by atoms with van der Waals surface area (Å²) in [5.41, 5.74) is 7.54. The Morgan fingerprint density at radius 3 is 2.64 bits per heavy atom. The van der Waals surface area contributed by atoms with E-state index >= 15 is 0 Å². The maximum Gasteiger partial charge on any atom is 0.260 e. The van der Waals surface area contributed by atoms with Crippen LogP contribution in [-0.4, -0.2) is 26.6 Å². The van der Waals surface area contributed by atoms with E-state index in [2.05, 4.69) is 20.9 Å². The van der Waals surface area contributed by atoms with Crippen LogP contribution in [0.25, 0.3) is 10.2 Å². The molecule has 2 N–H and O–H groups in total. The van der Waals surface area contributed by atoms with E-state index in [0.29, 0.717) is 6.42 Å². The van der Waals surface area contributed by atoms with Gasteiger partial charge in [0.05, 0.1) is 20.9 Å². The molecule has 0 spiro atoms. The second kappa shape index (κ2) is 7.43. The zero-order valence-electron chi connectivity index (χ0n) is 14.1. The van der Waals surface area contributed by atoms with Crippen molar-refractivity contribution in [1.29, 1.82) is 0 Å². The monoisotopic (exact) mass is 357 g/mol. The van der Waals surface area contributed by atoms with Crippen LogP contribution in [0.15, 0.2) is 30.3 Å². The van der Waals surface area contributed by atoms with Crippen molar-refractivity contribution in [2.24, 2.45) is 0 Å². The van der Waals surface area contributed by atoms with Crippen molar-refractivity contribution in [1.82, 2.24) is 25.6 Å². The van der Waals surface area contributed by atoms with Crippen LogP contribution in [0.4, 0.5) is 0 Å². The zero-order chi connectivity index (χ0) is 17.8. The Hall–Kier alpha value is -2.74. The first-order valence-corrected chi connectivity index (χ1v) is 8.76. The average Bonchev–Trinajstić information content (AvgIpc) is 3.13. The van der Waals surface area contributed by atoms with Crippen LogP contribution >= 0.6 is 11.3 Å². The number of benzene rings is 1. The van der Waals surface area contributed by atoms with E-state index in [1.165, 1.54) is 0 Å². The lowest BCUT2D eigenvalue weighted by Gasteiger charge is -2.08. The average molecular weight is 357 g/mol. The van der Waals surface area contributed by atoms with Crippen molar-refractivity contribution in [2.45, 2.75) is 33.2 Å². The Morgan fingerprint density at radius 2 is 1.92 bits per heavy atom. The van der Waals surface area contributed by atoms with Gasteiger partial charge in [-0.05, 0) is 32.0 Å². The number of carbonyl (C=O) groups is 2. The van der Waals surface area contributed by atoms with Crippen molar-refractivity contribution in [3.8, 4) is 0 Å². The highest BCUT2D eigenvalue weighted by Crippen LogP contribution is 2.22. The molecule has 0 fully saturated rings. The van der Waals surface area contributed by atoms with Crippen LogP contribution in [0.3, 0.4) is 0 Å². The Bertz CT molecular complexity index is 882. The fourth-order valence-electron chi connectivity index (χ4n) is 2.46. The molecule has 130 valence electrons. The predicted molar refractivity (Wildman–Crippen MR) is 95.9 cm³/mol. The highest BCUT2D eigenvalue weighted by Gasteiger charge is 2.10. The normalized spacial score (nSPS) is 10.8. The largest absolute Gasteiger partial charge is 0.273 e. The molecule has 7 nitrogen and oxygen atoms in total. The van der Waals surface area contributed by atoms with E-state index < -0.39 is 0 Å². The molecule has 0 aliphatic heterocycles. The molecule has 2 aromatic heterocycles. The summed E-state index contributed by atoms with van der Waals surface area (Å²) in [4.78, 5) is 28.2. The van der Waals surface area contributed by atoms with E-state index in [1.54, 1.807) is 16.0 Å². The van der Waals surface area contributed by atoms with Crippen molar-refractivity contribution in [2.75, 3.05) is 0 Å². The number of fused-ring (bicyclic) bond motifs is 1. The van der Waals surface area contributed by atoms with Gasteiger partial charge in [0.1, 0.15) is 6.54 Å². The van der Waals surface area contributed by atoms with Crippen molar-refractivity contribution < 1.29 is 9.59 Å². The van der Waals surface area contributed by atoms with Gasteiger partial charge in [0.2, 0.25) is 5.91 Å². The molecule has 0 radical (unpaired) electrons. The Balaban J connectivity index is 1.44. The molecule has 1 aromatic carbocycles. The minimum atomic E-state index is -0.320. The molecular weight excluding hydrogens is 338 g/mol. The summed E-state index contributed by atoms with van der Waals surface area (Å²) in [6.45, 7) is 3.81. The molecule has 3 aromatic rings. The molecule has 0 unspecified atom stereocenters. The van der Waals surface area contributed by atoms with Crippen LogP contribution in [-0.2, 0) is 22.6 Å². The number of nitrogens with zero attached hydrogens (tertiary/aromatic N) is 3. The number of aromatic nitrogens is 3. The lowest BCUT2D eigenvalue weighted by Crippen LogP contribution is -2.43. The third kappa shape index (κ3) is 4.42. The lowest BCUT2D eigenvalue weighted by molar-refractivity contribution is -0.129. The molecule has 8 heteroatoms. The molecule has 0 aliphatic carbocycles. The van der Waals surface area contributed by atoms with Gasteiger partial charge in [0, 0.05) is 18.5 Å². The highest BCUT2D eigenvalue weighted by molar-refractivity contribution is 7.18. The Labute approximate surface area is 149 Å². The minimum absolute atomic E-state index is 0.0673. The second-order valence-corrected chi connectivity index (χ2v) is 6.87. The van der Waals surface area contributed by atoms with E-state index in [1.807, 2.05) is 44.2 Å². The van der Waals surface area contributed by atoms with Crippen molar-refractivity contribution in [3.63, 3.8) is 0 Å². The van der Waals surface area contributed by atoms with Crippen LogP contribution in [0, 0.1) is 13.8 Å². The summed E-state index contributed by atoms with van der Waals surface area (Å²) >= 11 is 1.58. The number of aryl methyl sites for hydroxylation is 3. The van der Waals surface area contributed by atoms with Gasteiger partial charge in [-0.1, -0.05) is 12.1 Å². The van der Waals surface area contributed by atoms with Gasteiger partial charge in [-0.3, -0.25) is 25.1 Å². The summed E-state index contributed by atoms with van der Waals surface area (Å²) in [6.07, 6.45) is 0.804. The summed E-state index contributed by atoms with van der Waals surface area (Å²) < 4.78 is 2.70. The van der Waals surface area contributed by atoms with Crippen LogP contribution in [0.1, 0.15) is 22.8 Å². The standard InChI is InChI=1S/C17H19N5O2S/c1-11-9-12(2)22(21-11)10-16(24)20-19-15(23)7-8-17-18-13-5-3-4-6-14(13)25-17/h3-6,9H,7-8,10H2,1-2H3,(H,19,23)(H,20,24). The number of hydrogen-bond donors (Lipinski definition) is 2. The van der Waals surface area contributed by atoms with Crippen molar-refractivity contribution >= 4 is 33.4 Å². The fraction of sp³-hybridized carbons (Fsp3) is 0.294. The first kappa shape index (κ1) is 17.1. The SMILES string of the molecule is Cc1cc(C)n(CC(=O)NNC(=O)CCc2nc3ccccc3s2)n1. The number of rotatable bonds is 5. The molecule has 2 amide bonds. The fourth-order valence-corrected chi connectivity index (χ4v) is 3.43. The molecular formula is C17H19N5O2S. The van der Waals surface area contributed by atoms with E-state index in [-0.39, 0.29) is 24.8 Å². The first-order valence-electron chi connectivity index (χ1n) is 7.94. The number of nitrogens with one attached hydrogen (secondary N) is 2. The summed E-state index contributed by atoms with van der Waals surface area (Å²) in [7, 11) is 0. The Kier molecular flexibility index (Phi) is 5.08. The summed E-state index contributed by atoms with van der Waals surface area (Å²) in [5.74, 6) is -0.569. The summed E-state index contributed by atoms with van der Waals surface area (Å²) in [5, 5.41) is 5.12. The van der Waals surface area contributed by atoms with Gasteiger partial charge < -0.3 is 0 Å². The van der Waals surface area contributed by atoms with Gasteiger partial charge in [0.25, 0.3) is 5.91 Å². The van der Waals surface area contributed by atoms with Crippen molar-refractivity contribution in [3.05, 3.63) is 46.7 Å². The molecule has 0 atom stereocenters. The molecule has 0 aliphatic rings. The highest BCUT2D eigenvalue weighted by atomic mass is 32.1. The van der Waals surface area contributed by atoms with E-state index in [4.69, 9.17) is 0 Å². The number of hydrogen-bond acceptors (Lipinski definition) is 5. The third-order valence-electron chi connectivity index (χ3n) is 3.64. The van der Waals surface area contributed by atoms with Gasteiger partial charge in [0.15, 0.2) is 0 Å². The maximum absolute atomic E-state index is 11.9. The van der Waals surface area contributed by atoms with Crippen LogP contribution in [0.2, 0.25) is 0 Å². The zero-order valence-corrected chi connectivity index (χ0v) is 14.9. The van der Waals surface area contributed by atoms with Gasteiger partial charge in [-0.25, -0.2) is 4.98 Å². The minimum Gasteiger partial charge on any atom is -0.273 e. The maximum atomic E-state index is 11.9. The number of para-hydroxylation sites is 1. The first-order chi connectivity index (χ1) is 12.0. The predicted octanol–water partition coefficient (Wildman–Crippen LogP) is 1.89.